The number of primary amides is 1. The maximum atomic E-state index is 10.3. The minimum absolute atomic E-state index is 0.0857. The third kappa shape index (κ3) is 4.23. The largest absolute Gasteiger partial charge is 0.381 e. The molecule has 0 aliphatic carbocycles. The fourth-order valence-corrected chi connectivity index (χ4v) is 0.899. The fraction of sp³-hybridized carbons (Fsp3) is 0.375. The number of nitrogens with two attached hydrogens (primary N) is 2. The van der Waals surface area contributed by atoms with E-state index >= 15 is 0 Å². The van der Waals surface area contributed by atoms with Crippen molar-refractivity contribution < 1.29 is 9.53 Å². The lowest BCUT2D eigenvalue weighted by atomic mass is 10.5. The quantitative estimate of drug-likeness (QED) is 0.518. The first-order chi connectivity index (χ1) is 7.20. The van der Waals surface area contributed by atoms with Crippen LogP contribution in [-0.2, 0) is 9.53 Å². The van der Waals surface area contributed by atoms with Crippen LogP contribution in [0.1, 0.15) is 0 Å². The molecular weight excluding hydrogens is 198 g/mol. The predicted molar refractivity (Wildman–Crippen MR) is 54.9 cm³/mol. The summed E-state index contributed by atoms with van der Waals surface area (Å²) in [7, 11) is 0. The second-order valence-corrected chi connectivity index (χ2v) is 2.74. The van der Waals surface area contributed by atoms with Crippen LogP contribution in [0.4, 0.5) is 11.6 Å². The van der Waals surface area contributed by atoms with Crippen molar-refractivity contribution in [3.63, 3.8) is 0 Å². The molecule has 0 fully saturated rings. The number of ether oxygens (including phenoxy) is 1. The summed E-state index contributed by atoms with van der Waals surface area (Å²) in [5.41, 5.74) is 10.4. The number of carbonyl (C=O) groups excluding carboxylic acids is 1. The van der Waals surface area contributed by atoms with Crippen molar-refractivity contribution in [3.8, 4) is 0 Å². The first-order valence-corrected chi connectivity index (χ1v) is 4.36. The maximum Gasteiger partial charge on any atom is 0.243 e. The Labute approximate surface area is 86.8 Å². The van der Waals surface area contributed by atoms with Crippen LogP contribution in [0.2, 0.25) is 0 Å². The number of aromatic nitrogens is 2. The lowest BCUT2D eigenvalue weighted by molar-refractivity contribution is -0.122. The number of hydrogen-bond acceptors (Lipinski definition) is 6. The van der Waals surface area contributed by atoms with E-state index in [1.807, 2.05) is 0 Å². The molecule has 0 saturated carbocycles. The molecule has 0 aromatic carbocycles. The Morgan fingerprint density at radius 2 is 2.20 bits per heavy atom. The van der Waals surface area contributed by atoms with Crippen LogP contribution in [-0.4, -0.2) is 35.6 Å². The highest BCUT2D eigenvalue weighted by atomic mass is 16.5. The molecular formula is C8H13N5O2. The minimum Gasteiger partial charge on any atom is -0.381 e. The Morgan fingerprint density at radius 3 is 2.87 bits per heavy atom. The van der Waals surface area contributed by atoms with E-state index in [4.69, 9.17) is 16.2 Å². The van der Waals surface area contributed by atoms with Gasteiger partial charge in [0.05, 0.1) is 6.61 Å². The number of anilines is 2. The van der Waals surface area contributed by atoms with Crippen LogP contribution >= 0.6 is 0 Å². The number of rotatable bonds is 6. The summed E-state index contributed by atoms with van der Waals surface area (Å²) in [6, 6.07) is 0. The summed E-state index contributed by atoms with van der Waals surface area (Å²) in [6.07, 6.45) is 3.03. The highest BCUT2D eigenvalue weighted by Gasteiger charge is 1.99. The van der Waals surface area contributed by atoms with Gasteiger partial charge >= 0.3 is 0 Å². The molecule has 0 aliphatic heterocycles. The Bertz CT molecular complexity index is 331. The predicted octanol–water partition coefficient (Wildman–Crippen LogP) is -1.03. The van der Waals surface area contributed by atoms with Crippen LogP contribution in [0.15, 0.2) is 12.4 Å². The molecule has 0 atom stereocenters. The lowest BCUT2D eigenvalue weighted by Gasteiger charge is -2.06. The Hall–Kier alpha value is -1.89. The average molecular weight is 211 g/mol. The highest BCUT2D eigenvalue weighted by Crippen LogP contribution is 2.08. The standard InChI is InChI=1S/C8H13N5O2/c9-6(14)5-15-4-3-13-8-7(10)11-1-2-12-8/h1-2H,3-5H2,(H2,9,14)(H2,10,11)(H,12,13). The van der Waals surface area contributed by atoms with Gasteiger partial charge in [-0.2, -0.15) is 0 Å². The van der Waals surface area contributed by atoms with Gasteiger partial charge in [-0.05, 0) is 0 Å². The number of hydrogen-bond donors (Lipinski definition) is 3. The zero-order chi connectivity index (χ0) is 11.1. The van der Waals surface area contributed by atoms with Crippen molar-refractivity contribution in [3.05, 3.63) is 12.4 Å². The van der Waals surface area contributed by atoms with E-state index in [1.165, 1.54) is 12.4 Å². The molecule has 0 unspecified atom stereocenters. The number of nitrogens with zero attached hydrogens (tertiary/aromatic N) is 2. The molecule has 15 heavy (non-hydrogen) atoms. The van der Waals surface area contributed by atoms with Crippen LogP contribution in [0.5, 0.6) is 0 Å². The molecule has 0 radical (unpaired) electrons. The lowest BCUT2D eigenvalue weighted by Crippen LogP contribution is -2.21. The van der Waals surface area contributed by atoms with E-state index in [0.717, 1.165) is 0 Å². The van der Waals surface area contributed by atoms with Crippen molar-refractivity contribution >= 4 is 17.5 Å². The number of nitrogen functional groups attached to an aromatic ring is 1. The average Bonchev–Trinajstić information content (AvgIpc) is 2.20. The van der Waals surface area contributed by atoms with Crippen molar-refractivity contribution in [2.45, 2.75) is 0 Å². The summed E-state index contributed by atoms with van der Waals surface area (Å²) in [5, 5.41) is 2.91. The van der Waals surface area contributed by atoms with Crippen molar-refractivity contribution in [2.24, 2.45) is 5.73 Å². The minimum atomic E-state index is -0.492. The molecule has 1 rings (SSSR count). The first kappa shape index (κ1) is 11.2. The first-order valence-electron chi connectivity index (χ1n) is 4.36. The van der Waals surface area contributed by atoms with Gasteiger partial charge in [0.25, 0.3) is 0 Å². The summed E-state index contributed by atoms with van der Waals surface area (Å²) in [4.78, 5) is 18.1. The van der Waals surface area contributed by atoms with E-state index < -0.39 is 5.91 Å². The summed E-state index contributed by atoms with van der Waals surface area (Å²) < 4.78 is 4.93. The van der Waals surface area contributed by atoms with Gasteiger partial charge in [0.1, 0.15) is 6.61 Å². The number of nitrogens with one attached hydrogen (secondary N) is 1. The molecule has 1 aromatic rings. The zero-order valence-corrected chi connectivity index (χ0v) is 8.14. The highest BCUT2D eigenvalue weighted by molar-refractivity contribution is 5.74. The topological polar surface area (TPSA) is 116 Å². The van der Waals surface area contributed by atoms with Gasteiger partial charge in [0, 0.05) is 18.9 Å². The molecule has 0 spiro atoms. The van der Waals surface area contributed by atoms with Gasteiger partial charge in [0.2, 0.25) is 5.91 Å². The molecule has 7 heteroatoms. The van der Waals surface area contributed by atoms with Crippen LogP contribution in [0, 0.1) is 0 Å². The normalized spacial score (nSPS) is 9.87. The SMILES string of the molecule is NC(=O)COCCNc1nccnc1N. The third-order valence-corrected chi connectivity index (χ3v) is 1.51. The van der Waals surface area contributed by atoms with Crippen LogP contribution < -0.4 is 16.8 Å². The maximum absolute atomic E-state index is 10.3. The molecule has 1 heterocycles. The van der Waals surface area contributed by atoms with Crippen molar-refractivity contribution in [1.29, 1.82) is 0 Å². The van der Waals surface area contributed by atoms with Gasteiger partial charge in [0.15, 0.2) is 11.6 Å². The van der Waals surface area contributed by atoms with Gasteiger partial charge < -0.3 is 21.5 Å². The molecule has 1 amide bonds. The summed E-state index contributed by atoms with van der Waals surface area (Å²) in [6.45, 7) is 0.743. The van der Waals surface area contributed by atoms with E-state index in [1.54, 1.807) is 0 Å². The van der Waals surface area contributed by atoms with Gasteiger partial charge in [-0.25, -0.2) is 9.97 Å². The molecule has 82 valence electrons. The van der Waals surface area contributed by atoms with Gasteiger partial charge in [-0.3, -0.25) is 4.79 Å². The molecule has 5 N–H and O–H groups in total. The summed E-state index contributed by atoms with van der Waals surface area (Å²) in [5.74, 6) is 0.335. The second kappa shape index (κ2) is 5.76. The molecule has 0 aliphatic rings. The van der Waals surface area contributed by atoms with Crippen molar-refractivity contribution in [2.75, 3.05) is 30.8 Å². The monoisotopic (exact) mass is 211 g/mol. The van der Waals surface area contributed by atoms with Gasteiger partial charge in [-0.1, -0.05) is 0 Å². The molecule has 0 saturated heterocycles. The number of carbonyl (C=O) groups is 1. The Balaban J connectivity index is 2.21. The zero-order valence-electron chi connectivity index (χ0n) is 8.14. The van der Waals surface area contributed by atoms with Crippen molar-refractivity contribution in [1.82, 2.24) is 9.97 Å². The van der Waals surface area contributed by atoms with Gasteiger partial charge in [-0.15, -0.1) is 0 Å². The summed E-state index contributed by atoms with van der Waals surface area (Å²) >= 11 is 0. The van der Waals surface area contributed by atoms with Crippen LogP contribution in [0.3, 0.4) is 0 Å². The molecule has 0 bridgehead atoms. The van der Waals surface area contributed by atoms with E-state index in [2.05, 4.69) is 15.3 Å². The second-order valence-electron chi connectivity index (χ2n) is 2.74. The Kier molecular flexibility index (Phi) is 4.30. The third-order valence-electron chi connectivity index (χ3n) is 1.51. The van der Waals surface area contributed by atoms with E-state index in [9.17, 15) is 4.79 Å². The number of amides is 1. The molecule has 1 aromatic heterocycles. The van der Waals surface area contributed by atoms with Crippen LogP contribution in [0.25, 0.3) is 0 Å². The fourth-order valence-electron chi connectivity index (χ4n) is 0.899. The van der Waals surface area contributed by atoms with E-state index in [0.29, 0.717) is 24.8 Å². The molecule has 7 nitrogen and oxygen atoms in total. The smallest absolute Gasteiger partial charge is 0.243 e. The Morgan fingerprint density at radius 1 is 1.47 bits per heavy atom. The van der Waals surface area contributed by atoms with E-state index in [-0.39, 0.29) is 6.61 Å².